The van der Waals surface area contributed by atoms with Gasteiger partial charge in [-0.1, -0.05) is 0 Å². The number of hydrogen-bond acceptors (Lipinski definition) is 5. The van der Waals surface area contributed by atoms with Crippen molar-refractivity contribution in [2.45, 2.75) is 24.3 Å². The first-order valence-electron chi connectivity index (χ1n) is 4.79. The van der Waals surface area contributed by atoms with Crippen molar-refractivity contribution in [2.75, 3.05) is 6.61 Å². The first-order valence-corrected chi connectivity index (χ1v) is 5.72. The molecule has 1 aliphatic heterocycles. The second kappa shape index (κ2) is 4.56. The van der Waals surface area contributed by atoms with E-state index in [1.807, 2.05) is 0 Å². The van der Waals surface area contributed by atoms with Crippen LogP contribution in [0.3, 0.4) is 0 Å². The number of nitrogens with zero attached hydrogens (tertiary/aromatic N) is 1. The molecule has 2 N–H and O–H groups in total. The highest BCUT2D eigenvalue weighted by Gasteiger charge is 2.23. The fourth-order valence-corrected chi connectivity index (χ4v) is 2.15. The quantitative estimate of drug-likeness (QED) is 0.387. The van der Waals surface area contributed by atoms with E-state index in [9.17, 15) is 9.59 Å². The van der Waals surface area contributed by atoms with Gasteiger partial charge in [0.1, 0.15) is 0 Å². The average Bonchev–Trinajstić information content (AvgIpc) is 2.60. The second-order valence-corrected chi connectivity index (χ2v) is 4.79. The molecule has 16 heavy (non-hydrogen) atoms. The molecule has 2 atom stereocenters. The Morgan fingerprint density at radius 2 is 2.31 bits per heavy atom. The third kappa shape index (κ3) is 2.45. The monoisotopic (exact) mass is 261 g/mol. The van der Waals surface area contributed by atoms with E-state index in [0.29, 0.717) is 13.2 Å². The number of thiol groups is 1. The molecule has 8 heteroatoms. The molecular formula is C8H11N3O3S2. The van der Waals surface area contributed by atoms with Crippen LogP contribution in [0.5, 0.6) is 0 Å². The summed E-state index contributed by atoms with van der Waals surface area (Å²) >= 11 is 9.06. The predicted octanol–water partition coefficient (Wildman–Crippen LogP) is -0.319. The molecule has 0 spiro atoms. The van der Waals surface area contributed by atoms with Crippen molar-refractivity contribution in [1.82, 2.24) is 14.8 Å². The van der Waals surface area contributed by atoms with Crippen LogP contribution < -0.4 is 11.1 Å². The molecule has 2 heterocycles. The van der Waals surface area contributed by atoms with Gasteiger partial charge < -0.3 is 4.74 Å². The average molecular weight is 261 g/mol. The van der Waals surface area contributed by atoms with Crippen LogP contribution in [0.15, 0.2) is 9.59 Å². The van der Waals surface area contributed by atoms with Gasteiger partial charge >= 0.3 is 11.1 Å². The van der Waals surface area contributed by atoms with E-state index in [1.54, 1.807) is 0 Å². The van der Waals surface area contributed by atoms with Crippen molar-refractivity contribution in [3.8, 4) is 0 Å². The smallest absolute Gasteiger partial charge is 0.330 e. The summed E-state index contributed by atoms with van der Waals surface area (Å²) in [6.45, 7) is 0.857. The van der Waals surface area contributed by atoms with Crippen LogP contribution >= 0.6 is 24.8 Å². The van der Waals surface area contributed by atoms with Gasteiger partial charge in [0, 0.05) is 5.25 Å². The van der Waals surface area contributed by atoms with Gasteiger partial charge in [-0.2, -0.15) is 12.6 Å². The van der Waals surface area contributed by atoms with Crippen LogP contribution in [0.25, 0.3) is 0 Å². The summed E-state index contributed by atoms with van der Waals surface area (Å²) < 4.78 is 6.71. The zero-order valence-electron chi connectivity index (χ0n) is 8.30. The number of ether oxygens (including phenoxy) is 1. The minimum atomic E-state index is -0.718. The molecular weight excluding hydrogens is 250 g/mol. The maximum atomic E-state index is 11.5. The molecule has 0 aliphatic carbocycles. The van der Waals surface area contributed by atoms with Crippen LogP contribution in [0.2, 0.25) is 0 Å². The number of nitrogens with one attached hydrogen (secondary N) is 2. The van der Waals surface area contributed by atoms with Crippen molar-refractivity contribution in [3.63, 3.8) is 0 Å². The number of aromatic nitrogens is 3. The largest absolute Gasteiger partial charge is 0.375 e. The lowest BCUT2D eigenvalue weighted by atomic mass is 10.2. The highest BCUT2D eigenvalue weighted by atomic mass is 32.1. The SMILES string of the molecule is O=c1[nH]c(=S)[nH]n(CC2CC(S)CO2)c1=O. The van der Waals surface area contributed by atoms with E-state index in [-0.39, 0.29) is 16.1 Å². The van der Waals surface area contributed by atoms with E-state index in [1.165, 1.54) is 4.68 Å². The highest BCUT2D eigenvalue weighted by molar-refractivity contribution is 7.81. The van der Waals surface area contributed by atoms with E-state index >= 15 is 0 Å². The molecule has 0 amide bonds. The summed E-state index contributed by atoms with van der Waals surface area (Å²) in [6, 6.07) is 0. The fourth-order valence-electron chi connectivity index (χ4n) is 1.63. The fraction of sp³-hybridized carbons (Fsp3) is 0.625. The lowest BCUT2D eigenvalue weighted by Crippen LogP contribution is -2.40. The zero-order chi connectivity index (χ0) is 11.7. The molecule has 1 saturated heterocycles. The van der Waals surface area contributed by atoms with E-state index in [0.717, 1.165) is 6.42 Å². The normalized spacial score (nSPS) is 24.8. The number of H-pyrrole nitrogens is 2. The molecule has 2 rings (SSSR count). The van der Waals surface area contributed by atoms with Crippen molar-refractivity contribution in [2.24, 2.45) is 0 Å². The maximum Gasteiger partial charge on any atom is 0.330 e. The van der Waals surface area contributed by atoms with Crippen molar-refractivity contribution < 1.29 is 4.74 Å². The predicted molar refractivity (Wildman–Crippen MR) is 63.6 cm³/mol. The standard InChI is InChI=1S/C8H11N3O3S2/c12-6-7(13)11(10-8(16)9-6)2-4-1-5(15)3-14-4/h4-5,15H,1-3H2,(H2,9,10,12,16). The summed E-state index contributed by atoms with van der Waals surface area (Å²) in [5.41, 5.74) is -1.37. The number of aromatic amines is 2. The molecule has 1 aromatic heterocycles. The Morgan fingerprint density at radius 3 is 2.94 bits per heavy atom. The van der Waals surface area contributed by atoms with Gasteiger partial charge in [-0.25, -0.2) is 4.68 Å². The number of hydrogen-bond donors (Lipinski definition) is 3. The van der Waals surface area contributed by atoms with Crippen LogP contribution in [0, 0.1) is 4.77 Å². The topological polar surface area (TPSA) is 79.9 Å². The van der Waals surface area contributed by atoms with Gasteiger partial charge in [-0.05, 0) is 18.6 Å². The molecule has 1 fully saturated rings. The van der Waals surface area contributed by atoms with Crippen molar-refractivity contribution in [3.05, 3.63) is 25.5 Å². The zero-order valence-corrected chi connectivity index (χ0v) is 10.0. The summed E-state index contributed by atoms with van der Waals surface area (Å²) in [6.07, 6.45) is 0.649. The Balaban J connectivity index is 2.25. The van der Waals surface area contributed by atoms with Gasteiger partial charge in [-0.15, -0.1) is 0 Å². The maximum absolute atomic E-state index is 11.5. The molecule has 0 saturated carbocycles. The summed E-state index contributed by atoms with van der Waals surface area (Å²) in [7, 11) is 0. The third-order valence-electron chi connectivity index (χ3n) is 2.35. The molecule has 0 aromatic carbocycles. The molecule has 0 bridgehead atoms. The van der Waals surface area contributed by atoms with Crippen LogP contribution in [0.1, 0.15) is 6.42 Å². The Kier molecular flexibility index (Phi) is 3.31. The van der Waals surface area contributed by atoms with Gasteiger partial charge in [0.05, 0.1) is 19.3 Å². The summed E-state index contributed by atoms with van der Waals surface area (Å²) in [5.74, 6) is 0. The van der Waals surface area contributed by atoms with E-state index in [4.69, 9.17) is 17.0 Å². The molecule has 0 radical (unpaired) electrons. The van der Waals surface area contributed by atoms with E-state index < -0.39 is 11.1 Å². The highest BCUT2D eigenvalue weighted by Crippen LogP contribution is 2.18. The molecule has 1 aromatic rings. The van der Waals surface area contributed by atoms with Gasteiger partial charge in [0.2, 0.25) is 0 Å². The molecule has 88 valence electrons. The third-order valence-corrected chi connectivity index (χ3v) is 2.90. The minimum Gasteiger partial charge on any atom is -0.375 e. The lowest BCUT2D eigenvalue weighted by molar-refractivity contribution is 0.0926. The van der Waals surface area contributed by atoms with Crippen molar-refractivity contribution in [1.29, 1.82) is 0 Å². The second-order valence-electron chi connectivity index (χ2n) is 3.66. The molecule has 6 nitrogen and oxygen atoms in total. The summed E-state index contributed by atoms with van der Waals surface area (Å²) in [5, 5.41) is 2.80. The Hall–Kier alpha value is -0.860. The van der Waals surface area contributed by atoms with Crippen LogP contribution in [-0.4, -0.2) is 32.7 Å². The van der Waals surface area contributed by atoms with Crippen molar-refractivity contribution >= 4 is 24.8 Å². The molecule has 1 aliphatic rings. The van der Waals surface area contributed by atoms with Crippen LogP contribution in [0.4, 0.5) is 0 Å². The Bertz CT molecular complexity index is 546. The Morgan fingerprint density at radius 1 is 1.56 bits per heavy atom. The van der Waals surface area contributed by atoms with Gasteiger partial charge in [0.25, 0.3) is 0 Å². The van der Waals surface area contributed by atoms with Gasteiger partial charge in [0.15, 0.2) is 4.77 Å². The summed E-state index contributed by atoms with van der Waals surface area (Å²) in [4.78, 5) is 24.9. The first kappa shape index (κ1) is 11.6. The van der Waals surface area contributed by atoms with Crippen LogP contribution in [-0.2, 0) is 11.3 Å². The molecule has 2 unspecified atom stereocenters. The first-order chi connectivity index (χ1) is 7.56. The minimum absolute atomic E-state index is 0.104. The van der Waals surface area contributed by atoms with Gasteiger partial charge in [-0.3, -0.25) is 19.7 Å². The van der Waals surface area contributed by atoms with E-state index in [2.05, 4.69) is 22.7 Å². The Labute approximate surface area is 101 Å². The number of rotatable bonds is 2. The lowest BCUT2D eigenvalue weighted by Gasteiger charge is -2.10.